The van der Waals surface area contributed by atoms with Crippen LogP contribution in [0, 0.1) is 13.8 Å². The quantitative estimate of drug-likeness (QED) is 0.780. The molecule has 3 rings (SSSR count). The van der Waals surface area contributed by atoms with Crippen LogP contribution in [0.1, 0.15) is 51.6 Å². The molecule has 1 aromatic rings. The van der Waals surface area contributed by atoms with E-state index in [1.807, 2.05) is 4.90 Å². The van der Waals surface area contributed by atoms with E-state index in [0.717, 1.165) is 25.9 Å². The molecule has 0 radical (unpaired) electrons. The molecule has 1 fully saturated rings. The molecule has 0 N–H and O–H groups in total. The Labute approximate surface area is 117 Å². The number of aryl methyl sites for hydroxylation is 2. The number of nitrogens with zero attached hydrogens (tertiary/aromatic N) is 3. The van der Waals surface area contributed by atoms with E-state index in [9.17, 15) is 9.59 Å². The highest BCUT2D eigenvalue weighted by molar-refractivity contribution is 6.22. The van der Waals surface area contributed by atoms with Crippen molar-refractivity contribution in [3.63, 3.8) is 0 Å². The van der Waals surface area contributed by atoms with Crippen LogP contribution in [0.15, 0.2) is 11.8 Å². The van der Waals surface area contributed by atoms with Gasteiger partial charge < -0.3 is 4.90 Å². The van der Waals surface area contributed by atoms with Gasteiger partial charge in [0.05, 0.1) is 17.1 Å². The van der Waals surface area contributed by atoms with Gasteiger partial charge in [-0.05, 0) is 33.1 Å². The van der Waals surface area contributed by atoms with Crippen LogP contribution in [-0.2, 0) is 0 Å². The first-order chi connectivity index (χ1) is 9.58. The van der Waals surface area contributed by atoms with Crippen LogP contribution in [-0.4, -0.2) is 39.5 Å². The van der Waals surface area contributed by atoms with E-state index < -0.39 is 0 Å². The average Bonchev–Trinajstić information content (AvgIpc) is 2.46. The van der Waals surface area contributed by atoms with Crippen molar-refractivity contribution in [1.29, 1.82) is 0 Å². The number of fused-ring (bicyclic) bond motifs is 1. The molecule has 2 aliphatic rings. The number of hydrogen-bond acceptors (Lipinski definition) is 5. The summed E-state index contributed by atoms with van der Waals surface area (Å²) >= 11 is 0. The molecule has 0 saturated carbocycles. The number of carbonyl (C=O) groups excluding carboxylic acids is 2. The zero-order chi connectivity index (χ0) is 14.3. The van der Waals surface area contributed by atoms with Gasteiger partial charge >= 0.3 is 0 Å². The van der Waals surface area contributed by atoms with Crippen LogP contribution >= 0.6 is 0 Å². The summed E-state index contributed by atoms with van der Waals surface area (Å²) in [6.45, 7) is 5.26. The molecule has 104 valence electrons. The lowest BCUT2D eigenvalue weighted by Gasteiger charge is -2.31. The van der Waals surface area contributed by atoms with Crippen LogP contribution in [0.2, 0.25) is 0 Å². The van der Waals surface area contributed by atoms with Crippen molar-refractivity contribution in [2.24, 2.45) is 0 Å². The van der Waals surface area contributed by atoms with Crippen LogP contribution < -0.4 is 0 Å². The number of Topliss-reactive ketones (excluding diaryl/α,β-unsaturated/α-hetero) is 1. The number of ketones is 2. The van der Waals surface area contributed by atoms with Crippen molar-refractivity contribution < 1.29 is 9.59 Å². The Morgan fingerprint density at radius 2 is 1.55 bits per heavy atom. The third kappa shape index (κ3) is 2.03. The number of aromatic nitrogens is 2. The third-order valence-electron chi connectivity index (χ3n) is 3.95. The van der Waals surface area contributed by atoms with E-state index in [1.54, 1.807) is 13.8 Å². The lowest BCUT2D eigenvalue weighted by Crippen LogP contribution is -2.36. The summed E-state index contributed by atoms with van der Waals surface area (Å²) in [6, 6.07) is 0. The number of rotatable bonds is 1. The monoisotopic (exact) mass is 271 g/mol. The van der Waals surface area contributed by atoms with Gasteiger partial charge in [0.15, 0.2) is 0 Å². The fraction of sp³-hybridized carbons (Fsp3) is 0.467. The maximum absolute atomic E-state index is 12.6. The zero-order valence-corrected chi connectivity index (χ0v) is 11.8. The van der Waals surface area contributed by atoms with Gasteiger partial charge in [-0.3, -0.25) is 9.59 Å². The zero-order valence-electron chi connectivity index (χ0n) is 11.8. The third-order valence-corrected chi connectivity index (χ3v) is 3.95. The lowest BCUT2D eigenvalue weighted by molar-refractivity contribution is 0.0935. The van der Waals surface area contributed by atoms with Gasteiger partial charge in [-0.1, -0.05) is 0 Å². The van der Waals surface area contributed by atoms with Crippen molar-refractivity contribution in [2.75, 3.05) is 13.1 Å². The van der Waals surface area contributed by atoms with Crippen molar-refractivity contribution in [2.45, 2.75) is 33.1 Å². The molecule has 1 aromatic heterocycles. The summed E-state index contributed by atoms with van der Waals surface area (Å²) in [5, 5.41) is 0. The predicted molar refractivity (Wildman–Crippen MR) is 73.7 cm³/mol. The van der Waals surface area contributed by atoms with Crippen molar-refractivity contribution >= 4 is 11.6 Å². The minimum absolute atomic E-state index is 0.169. The summed E-state index contributed by atoms with van der Waals surface area (Å²) in [7, 11) is 0. The molecule has 1 aliphatic heterocycles. The SMILES string of the molecule is Cc1nc2c(nc1C)C(=O)C(N1CCCCC1)=CC2=O. The number of carbonyl (C=O) groups is 2. The molecule has 5 nitrogen and oxygen atoms in total. The van der Waals surface area contributed by atoms with E-state index in [0.29, 0.717) is 17.1 Å². The summed E-state index contributed by atoms with van der Waals surface area (Å²) in [4.78, 5) is 35.3. The lowest BCUT2D eigenvalue weighted by atomic mass is 9.98. The Morgan fingerprint density at radius 1 is 0.950 bits per heavy atom. The van der Waals surface area contributed by atoms with Gasteiger partial charge in [0.1, 0.15) is 11.4 Å². The fourth-order valence-corrected chi connectivity index (χ4v) is 2.68. The number of piperidine rings is 1. The van der Waals surface area contributed by atoms with Crippen molar-refractivity contribution in [1.82, 2.24) is 14.9 Å². The molecule has 5 heteroatoms. The maximum atomic E-state index is 12.6. The van der Waals surface area contributed by atoms with Gasteiger partial charge in [0.2, 0.25) is 11.6 Å². The largest absolute Gasteiger partial charge is 0.368 e. The smallest absolute Gasteiger partial charge is 0.229 e. The molecular formula is C15H17N3O2. The molecule has 1 aliphatic carbocycles. The van der Waals surface area contributed by atoms with E-state index in [4.69, 9.17) is 0 Å². The van der Waals surface area contributed by atoms with Gasteiger partial charge in [0.25, 0.3) is 0 Å². The van der Waals surface area contributed by atoms with Crippen LogP contribution in [0.3, 0.4) is 0 Å². The second-order valence-corrected chi connectivity index (χ2v) is 5.36. The maximum Gasteiger partial charge on any atom is 0.229 e. The standard InChI is InChI=1S/C15H17N3O2/c1-9-10(2)17-14-13(16-9)12(19)8-11(15(14)20)18-6-4-3-5-7-18/h8H,3-7H2,1-2H3. The summed E-state index contributed by atoms with van der Waals surface area (Å²) in [5.74, 6) is -0.382. The normalized spacial score (nSPS) is 18.9. The Bertz CT molecular complexity index is 628. The Balaban J connectivity index is 2.03. The van der Waals surface area contributed by atoms with Crippen LogP contribution in [0.5, 0.6) is 0 Å². The Morgan fingerprint density at radius 3 is 2.20 bits per heavy atom. The first-order valence-corrected chi connectivity index (χ1v) is 6.99. The average molecular weight is 271 g/mol. The molecule has 0 amide bonds. The van der Waals surface area contributed by atoms with Crippen molar-refractivity contribution in [3.05, 3.63) is 34.5 Å². The Kier molecular flexibility index (Phi) is 3.12. The molecule has 0 atom stereocenters. The summed E-state index contributed by atoms with van der Waals surface area (Å²) < 4.78 is 0. The first kappa shape index (κ1) is 13.0. The first-order valence-electron chi connectivity index (χ1n) is 6.99. The van der Waals surface area contributed by atoms with Gasteiger partial charge in [-0.25, -0.2) is 9.97 Å². The Hall–Kier alpha value is -2.04. The highest BCUT2D eigenvalue weighted by atomic mass is 16.1. The highest BCUT2D eigenvalue weighted by Gasteiger charge is 2.32. The highest BCUT2D eigenvalue weighted by Crippen LogP contribution is 2.24. The number of allylic oxidation sites excluding steroid dienone is 2. The molecule has 0 bridgehead atoms. The molecule has 20 heavy (non-hydrogen) atoms. The van der Waals surface area contributed by atoms with Crippen LogP contribution in [0.25, 0.3) is 0 Å². The van der Waals surface area contributed by atoms with Gasteiger partial charge in [0, 0.05) is 19.2 Å². The topological polar surface area (TPSA) is 63.2 Å². The summed E-state index contributed by atoms with van der Waals surface area (Å²) in [6.07, 6.45) is 4.73. The van der Waals surface area contributed by atoms with Gasteiger partial charge in [-0.15, -0.1) is 0 Å². The van der Waals surface area contributed by atoms with Crippen LogP contribution in [0.4, 0.5) is 0 Å². The number of hydrogen-bond donors (Lipinski definition) is 0. The summed E-state index contributed by atoms with van der Waals surface area (Å²) in [5.41, 5.74) is 2.28. The minimum Gasteiger partial charge on any atom is -0.368 e. The fourth-order valence-electron chi connectivity index (χ4n) is 2.68. The molecule has 2 heterocycles. The molecule has 1 saturated heterocycles. The van der Waals surface area contributed by atoms with Crippen molar-refractivity contribution in [3.8, 4) is 0 Å². The molecule has 0 aromatic carbocycles. The number of likely N-dealkylation sites (tertiary alicyclic amines) is 1. The second kappa shape index (κ2) is 4.81. The van der Waals surface area contributed by atoms with E-state index in [-0.39, 0.29) is 23.0 Å². The minimum atomic E-state index is -0.212. The van der Waals surface area contributed by atoms with E-state index in [1.165, 1.54) is 12.5 Å². The van der Waals surface area contributed by atoms with Gasteiger partial charge in [-0.2, -0.15) is 0 Å². The predicted octanol–water partition coefficient (Wildman–Crippen LogP) is 1.84. The molecular weight excluding hydrogens is 254 g/mol. The molecule has 0 spiro atoms. The second-order valence-electron chi connectivity index (χ2n) is 5.36. The van der Waals surface area contributed by atoms with E-state index >= 15 is 0 Å². The van der Waals surface area contributed by atoms with E-state index in [2.05, 4.69) is 9.97 Å². The molecule has 0 unspecified atom stereocenters.